The molecule has 1 saturated heterocycles. The van der Waals surface area contributed by atoms with Crippen LogP contribution in [-0.4, -0.2) is 53.5 Å². The van der Waals surface area contributed by atoms with Gasteiger partial charge in [-0.15, -0.1) is 23.5 Å². The Morgan fingerprint density at radius 2 is 1.81 bits per heavy atom. The van der Waals surface area contributed by atoms with Crippen LogP contribution in [0.3, 0.4) is 0 Å². The number of amides is 2. The highest BCUT2D eigenvalue weighted by atomic mass is 32.2. The van der Waals surface area contributed by atoms with Gasteiger partial charge in [-0.2, -0.15) is 0 Å². The smallest absolute Gasteiger partial charge is 0.260 e. The average molecular weight is 411 g/mol. The summed E-state index contributed by atoms with van der Waals surface area (Å²) in [6.07, 6.45) is 1.27. The molecule has 0 aliphatic carbocycles. The van der Waals surface area contributed by atoms with Crippen molar-refractivity contribution in [2.24, 2.45) is 0 Å². The van der Waals surface area contributed by atoms with Crippen LogP contribution in [0.4, 0.5) is 0 Å². The molecular formula is C20H30N2O3S2. The number of rotatable bonds is 7. The van der Waals surface area contributed by atoms with Crippen LogP contribution >= 0.6 is 23.5 Å². The molecule has 0 radical (unpaired) electrons. The van der Waals surface area contributed by atoms with E-state index < -0.39 is 0 Å². The summed E-state index contributed by atoms with van der Waals surface area (Å²) in [6, 6.07) is 7.98. The molecule has 0 spiro atoms. The van der Waals surface area contributed by atoms with Crippen molar-refractivity contribution in [3.8, 4) is 5.75 Å². The Balaban J connectivity index is 1.83. The lowest BCUT2D eigenvalue weighted by molar-refractivity contribution is -0.137. The maximum Gasteiger partial charge on any atom is 0.260 e. The van der Waals surface area contributed by atoms with Gasteiger partial charge >= 0.3 is 0 Å². The Bertz CT molecular complexity index is 623. The number of likely N-dealkylation sites (N-methyl/N-ethyl adjacent to an activating group) is 1. The summed E-state index contributed by atoms with van der Waals surface area (Å²) in [5.41, 5.74) is 0.976. The number of thioether (sulfide) groups is 2. The number of nitrogens with zero attached hydrogens (tertiary/aromatic N) is 1. The highest BCUT2D eigenvalue weighted by Crippen LogP contribution is 2.43. The molecule has 2 amide bonds. The zero-order valence-corrected chi connectivity index (χ0v) is 18.3. The molecular weight excluding hydrogens is 380 g/mol. The van der Waals surface area contributed by atoms with Crippen LogP contribution in [0.25, 0.3) is 0 Å². The Morgan fingerprint density at radius 3 is 2.37 bits per heavy atom. The number of hydrogen-bond acceptors (Lipinski definition) is 5. The third-order valence-electron chi connectivity index (χ3n) is 3.93. The second-order valence-electron chi connectivity index (χ2n) is 7.49. The summed E-state index contributed by atoms with van der Waals surface area (Å²) in [5.74, 6) is 2.74. The summed E-state index contributed by atoms with van der Waals surface area (Å²) < 4.78 is 6.13. The second kappa shape index (κ2) is 10.3. The molecule has 0 bridgehead atoms. The fourth-order valence-electron chi connectivity index (χ4n) is 2.65. The molecule has 1 aromatic carbocycles. The zero-order valence-electron chi connectivity index (χ0n) is 16.6. The first-order valence-corrected chi connectivity index (χ1v) is 11.4. The molecule has 1 heterocycles. The van der Waals surface area contributed by atoms with Crippen molar-refractivity contribution in [2.45, 2.75) is 44.2 Å². The maximum atomic E-state index is 12.4. The Hall–Kier alpha value is -1.34. The van der Waals surface area contributed by atoms with E-state index in [2.05, 4.69) is 17.4 Å². The lowest BCUT2D eigenvalue weighted by Crippen LogP contribution is -2.48. The molecule has 0 atom stereocenters. The van der Waals surface area contributed by atoms with Gasteiger partial charge in [0.05, 0.1) is 11.1 Å². The molecule has 150 valence electrons. The van der Waals surface area contributed by atoms with E-state index in [4.69, 9.17) is 4.74 Å². The molecule has 1 aliphatic rings. The first kappa shape index (κ1) is 22.0. The predicted molar refractivity (Wildman–Crippen MR) is 114 cm³/mol. The van der Waals surface area contributed by atoms with Crippen LogP contribution in [0, 0.1) is 0 Å². The minimum Gasteiger partial charge on any atom is -0.484 e. The molecule has 1 aromatic rings. The zero-order chi connectivity index (χ0) is 19.9. The molecule has 5 nitrogen and oxygen atoms in total. The fraction of sp³-hybridized carbons (Fsp3) is 0.600. The molecule has 27 heavy (non-hydrogen) atoms. The van der Waals surface area contributed by atoms with Gasteiger partial charge in [-0.05, 0) is 63.3 Å². The number of carbonyl (C=O) groups is 2. The van der Waals surface area contributed by atoms with Crippen LogP contribution in [0.2, 0.25) is 0 Å². The van der Waals surface area contributed by atoms with Crippen molar-refractivity contribution in [3.05, 3.63) is 29.8 Å². The standard InChI is InChI=1S/C20H30N2O3S2/c1-5-22(13-17(23)21-20(2,3)4)18(24)14-25-16-9-7-15(8-10-16)19-26-11-6-12-27-19/h7-10,19H,5-6,11-14H2,1-4H3,(H,21,23). The Kier molecular flexibility index (Phi) is 8.35. The lowest BCUT2D eigenvalue weighted by atomic mass is 10.1. The largest absolute Gasteiger partial charge is 0.484 e. The van der Waals surface area contributed by atoms with Crippen LogP contribution in [0.5, 0.6) is 5.75 Å². The van der Waals surface area contributed by atoms with Gasteiger partial charge in [0.15, 0.2) is 6.61 Å². The van der Waals surface area contributed by atoms with E-state index in [0.717, 1.165) is 0 Å². The SMILES string of the molecule is CCN(CC(=O)NC(C)(C)C)C(=O)COc1ccc(C2SCCCS2)cc1. The van der Waals surface area contributed by atoms with E-state index in [1.54, 1.807) is 0 Å². The number of ether oxygens (including phenoxy) is 1. The van der Waals surface area contributed by atoms with E-state index in [1.807, 2.05) is 63.4 Å². The first-order chi connectivity index (χ1) is 12.8. The topological polar surface area (TPSA) is 58.6 Å². The van der Waals surface area contributed by atoms with Gasteiger partial charge in [-0.25, -0.2) is 0 Å². The molecule has 0 saturated carbocycles. The van der Waals surface area contributed by atoms with Crippen molar-refractivity contribution >= 4 is 35.3 Å². The number of nitrogens with one attached hydrogen (secondary N) is 1. The monoisotopic (exact) mass is 410 g/mol. The number of benzene rings is 1. The van der Waals surface area contributed by atoms with E-state index in [0.29, 0.717) is 16.9 Å². The first-order valence-electron chi connectivity index (χ1n) is 9.33. The van der Waals surface area contributed by atoms with Crippen molar-refractivity contribution in [1.29, 1.82) is 0 Å². The highest BCUT2D eigenvalue weighted by Gasteiger charge is 2.20. The van der Waals surface area contributed by atoms with Gasteiger partial charge in [0.1, 0.15) is 5.75 Å². The van der Waals surface area contributed by atoms with Gasteiger partial charge in [0.25, 0.3) is 5.91 Å². The molecule has 1 aliphatic heterocycles. The van der Waals surface area contributed by atoms with Crippen molar-refractivity contribution in [2.75, 3.05) is 31.2 Å². The normalized spacial score (nSPS) is 15.3. The fourth-order valence-corrected chi connectivity index (χ4v) is 5.54. The number of carbonyl (C=O) groups excluding carboxylic acids is 2. The van der Waals surface area contributed by atoms with E-state index >= 15 is 0 Å². The van der Waals surface area contributed by atoms with Gasteiger partial charge < -0.3 is 15.0 Å². The summed E-state index contributed by atoms with van der Waals surface area (Å²) in [6.45, 7) is 8.06. The van der Waals surface area contributed by atoms with Gasteiger partial charge in [0.2, 0.25) is 5.91 Å². The predicted octanol–water partition coefficient (Wildman–Crippen LogP) is 3.70. The molecule has 0 aromatic heterocycles. The lowest BCUT2D eigenvalue weighted by Gasteiger charge is -2.25. The Morgan fingerprint density at radius 1 is 1.19 bits per heavy atom. The van der Waals surface area contributed by atoms with Crippen LogP contribution in [0.1, 0.15) is 44.3 Å². The molecule has 1 fully saturated rings. The van der Waals surface area contributed by atoms with Crippen LogP contribution in [0.15, 0.2) is 24.3 Å². The third kappa shape index (κ3) is 7.66. The third-order valence-corrected chi connectivity index (χ3v) is 6.94. The Labute approximate surface area is 171 Å². The van der Waals surface area contributed by atoms with Gasteiger partial charge in [0, 0.05) is 12.1 Å². The minimum atomic E-state index is -0.313. The minimum absolute atomic E-state index is 0.0467. The van der Waals surface area contributed by atoms with Gasteiger partial charge in [-0.1, -0.05) is 12.1 Å². The van der Waals surface area contributed by atoms with E-state index in [-0.39, 0.29) is 30.5 Å². The summed E-state index contributed by atoms with van der Waals surface area (Å²) in [5, 5.41) is 2.87. The molecule has 0 unspecified atom stereocenters. The van der Waals surface area contributed by atoms with Crippen molar-refractivity contribution < 1.29 is 14.3 Å². The molecule has 2 rings (SSSR count). The average Bonchev–Trinajstić information content (AvgIpc) is 2.64. The quantitative estimate of drug-likeness (QED) is 0.743. The number of hydrogen-bond donors (Lipinski definition) is 1. The highest BCUT2D eigenvalue weighted by molar-refractivity contribution is 8.16. The maximum absolute atomic E-state index is 12.4. The summed E-state index contributed by atoms with van der Waals surface area (Å²) >= 11 is 3.96. The van der Waals surface area contributed by atoms with Gasteiger partial charge in [-0.3, -0.25) is 9.59 Å². The van der Waals surface area contributed by atoms with Crippen molar-refractivity contribution in [3.63, 3.8) is 0 Å². The van der Waals surface area contributed by atoms with E-state index in [9.17, 15) is 9.59 Å². The summed E-state index contributed by atoms with van der Waals surface area (Å²) in [4.78, 5) is 25.9. The summed E-state index contributed by atoms with van der Waals surface area (Å²) in [7, 11) is 0. The van der Waals surface area contributed by atoms with Crippen LogP contribution in [-0.2, 0) is 9.59 Å². The van der Waals surface area contributed by atoms with Crippen LogP contribution < -0.4 is 10.1 Å². The van der Waals surface area contributed by atoms with E-state index in [1.165, 1.54) is 28.4 Å². The second-order valence-corrected chi connectivity index (χ2v) is 10.2. The molecule has 7 heteroatoms. The van der Waals surface area contributed by atoms with Crippen molar-refractivity contribution in [1.82, 2.24) is 10.2 Å². The molecule has 1 N–H and O–H groups in total.